The van der Waals surface area contributed by atoms with Crippen LogP contribution < -0.4 is 11.1 Å². The molecule has 1 aromatic heterocycles. The zero-order valence-corrected chi connectivity index (χ0v) is 14.4. The van der Waals surface area contributed by atoms with Crippen molar-refractivity contribution in [1.82, 2.24) is 15.1 Å². The molecular formula is C16H20Cl2N4O. The number of nitrogens with one attached hydrogen (secondary N) is 1. The molecule has 3 N–H and O–H groups in total. The van der Waals surface area contributed by atoms with E-state index in [1.807, 2.05) is 18.2 Å². The number of amides is 1. The molecule has 124 valence electrons. The van der Waals surface area contributed by atoms with Gasteiger partial charge in [-0.1, -0.05) is 29.8 Å². The van der Waals surface area contributed by atoms with E-state index in [0.29, 0.717) is 28.7 Å². The lowest BCUT2D eigenvalue weighted by atomic mass is 10.1. The zero-order chi connectivity index (χ0) is 15.7. The summed E-state index contributed by atoms with van der Waals surface area (Å²) in [6.07, 6.45) is 3.98. The van der Waals surface area contributed by atoms with Gasteiger partial charge in [-0.15, -0.1) is 12.4 Å². The first-order valence-corrected chi connectivity index (χ1v) is 7.77. The van der Waals surface area contributed by atoms with Gasteiger partial charge in [0, 0.05) is 31.4 Å². The van der Waals surface area contributed by atoms with Crippen LogP contribution in [0.25, 0.3) is 11.3 Å². The van der Waals surface area contributed by atoms with E-state index < -0.39 is 0 Å². The van der Waals surface area contributed by atoms with Crippen molar-refractivity contribution in [2.24, 2.45) is 18.7 Å². The van der Waals surface area contributed by atoms with Crippen LogP contribution in [0.2, 0.25) is 5.02 Å². The fraction of sp³-hybridized carbons (Fsp3) is 0.375. The van der Waals surface area contributed by atoms with Gasteiger partial charge in [-0.2, -0.15) is 5.10 Å². The third kappa shape index (κ3) is 3.86. The Morgan fingerprint density at radius 3 is 2.78 bits per heavy atom. The standard InChI is InChI=1S/C16H19ClN4O.ClH/c1-21-9-12(16(22)19-14(8-18)10-6-7-10)15(20-21)11-4-2-3-5-13(11)17;/h2-5,9-10,14H,6-8,18H2,1H3,(H,19,22);1H. The van der Waals surface area contributed by atoms with Crippen LogP contribution >= 0.6 is 24.0 Å². The van der Waals surface area contributed by atoms with Crippen molar-refractivity contribution in [3.05, 3.63) is 41.0 Å². The van der Waals surface area contributed by atoms with Crippen LogP contribution in [0, 0.1) is 5.92 Å². The number of hydrogen-bond acceptors (Lipinski definition) is 3. The molecule has 1 atom stereocenters. The molecule has 1 aliphatic carbocycles. The third-order valence-corrected chi connectivity index (χ3v) is 4.29. The quantitative estimate of drug-likeness (QED) is 0.866. The predicted octanol–water partition coefficient (Wildman–Crippen LogP) is 2.63. The van der Waals surface area contributed by atoms with E-state index in [-0.39, 0.29) is 24.4 Å². The van der Waals surface area contributed by atoms with E-state index in [4.69, 9.17) is 17.3 Å². The van der Waals surface area contributed by atoms with Crippen LogP contribution in [0.4, 0.5) is 0 Å². The maximum atomic E-state index is 12.6. The molecule has 1 aliphatic rings. The molecule has 0 bridgehead atoms. The number of carbonyl (C=O) groups is 1. The summed E-state index contributed by atoms with van der Waals surface area (Å²) in [5, 5.41) is 8.00. The number of rotatable bonds is 5. The maximum Gasteiger partial charge on any atom is 0.255 e. The second kappa shape index (κ2) is 7.34. The van der Waals surface area contributed by atoms with Gasteiger partial charge < -0.3 is 11.1 Å². The highest BCUT2D eigenvalue weighted by atomic mass is 35.5. The second-order valence-corrected chi connectivity index (χ2v) is 6.11. The molecule has 1 saturated carbocycles. The molecule has 1 unspecified atom stereocenters. The Balaban J connectivity index is 0.00000192. The van der Waals surface area contributed by atoms with E-state index >= 15 is 0 Å². The van der Waals surface area contributed by atoms with Gasteiger partial charge in [0.15, 0.2) is 0 Å². The molecule has 0 saturated heterocycles. The van der Waals surface area contributed by atoms with Crippen molar-refractivity contribution in [2.75, 3.05) is 6.54 Å². The highest BCUT2D eigenvalue weighted by Gasteiger charge is 2.32. The molecular weight excluding hydrogens is 335 g/mol. The van der Waals surface area contributed by atoms with Crippen LogP contribution in [0.1, 0.15) is 23.2 Å². The van der Waals surface area contributed by atoms with Crippen LogP contribution in [-0.2, 0) is 7.05 Å². The first-order chi connectivity index (χ1) is 10.6. The number of halogens is 2. The van der Waals surface area contributed by atoms with Gasteiger partial charge in [0.25, 0.3) is 5.91 Å². The Bertz CT molecular complexity index is 697. The lowest BCUT2D eigenvalue weighted by Crippen LogP contribution is -2.41. The Labute approximate surface area is 146 Å². The molecule has 1 heterocycles. The molecule has 1 amide bonds. The lowest BCUT2D eigenvalue weighted by molar-refractivity contribution is 0.0934. The van der Waals surface area contributed by atoms with Gasteiger partial charge in [-0.25, -0.2) is 0 Å². The van der Waals surface area contributed by atoms with Crippen LogP contribution in [0.15, 0.2) is 30.5 Å². The van der Waals surface area contributed by atoms with Gasteiger partial charge in [0.05, 0.1) is 10.6 Å². The minimum absolute atomic E-state index is 0. The minimum atomic E-state index is -0.148. The number of aryl methyl sites for hydroxylation is 1. The summed E-state index contributed by atoms with van der Waals surface area (Å²) >= 11 is 6.24. The molecule has 23 heavy (non-hydrogen) atoms. The number of nitrogens with two attached hydrogens (primary N) is 1. The summed E-state index contributed by atoms with van der Waals surface area (Å²) in [6.45, 7) is 0.456. The highest BCUT2D eigenvalue weighted by Crippen LogP contribution is 2.33. The summed E-state index contributed by atoms with van der Waals surface area (Å²) in [7, 11) is 1.79. The van der Waals surface area contributed by atoms with Crippen LogP contribution in [0.3, 0.4) is 0 Å². The Morgan fingerprint density at radius 2 is 2.17 bits per heavy atom. The van der Waals surface area contributed by atoms with Crippen molar-refractivity contribution in [2.45, 2.75) is 18.9 Å². The summed E-state index contributed by atoms with van der Waals surface area (Å²) in [6, 6.07) is 7.42. The molecule has 0 aliphatic heterocycles. The monoisotopic (exact) mass is 354 g/mol. The molecule has 5 nitrogen and oxygen atoms in total. The summed E-state index contributed by atoms with van der Waals surface area (Å²) in [4.78, 5) is 12.6. The topological polar surface area (TPSA) is 72.9 Å². The van der Waals surface area contributed by atoms with E-state index in [9.17, 15) is 4.79 Å². The normalized spacial score (nSPS) is 14.9. The SMILES string of the molecule is Cl.Cn1cc(C(=O)NC(CN)C2CC2)c(-c2ccccc2Cl)n1. The first kappa shape index (κ1) is 17.8. The van der Waals surface area contributed by atoms with E-state index in [0.717, 1.165) is 18.4 Å². The lowest BCUT2D eigenvalue weighted by Gasteiger charge is -2.15. The minimum Gasteiger partial charge on any atom is -0.348 e. The van der Waals surface area contributed by atoms with Crippen molar-refractivity contribution < 1.29 is 4.79 Å². The predicted molar refractivity (Wildman–Crippen MR) is 93.9 cm³/mol. The van der Waals surface area contributed by atoms with Gasteiger partial charge in [-0.3, -0.25) is 9.48 Å². The third-order valence-electron chi connectivity index (χ3n) is 3.96. The molecule has 1 aromatic carbocycles. The molecule has 7 heteroatoms. The van der Waals surface area contributed by atoms with Crippen molar-refractivity contribution >= 4 is 29.9 Å². The molecule has 0 spiro atoms. The number of nitrogens with zero attached hydrogens (tertiary/aromatic N) is 2. The van der Waals surface area contributed by atoms with Crippen molar-refractivity contribution in [3.8, 4) is 11.3 Å². The Hall–Kier alpha value is -1.56. The van der Waals surface area contributed by atoms with E-state index in [2.05, 4.69) is 10.4 Å². The Kier molecular flexibility index (Phi) is 5.68. The summed E-state index contributed by atoms with van der Waals surface area (Å²) in [5.41, 5.74) is 7.63. The van der Waals surface area contributed by atoms with Crippen molar-refractivity contribution in [1.29, 1.82) is 0 Å². The van der Waals surface area contributed by atoms with Gasteiger partial charge >= 0.3 is 0 Å². The fourth-order valence-corrected chi connectivity index (χ4v) is 2.85. The molecule has 2 aromatic rings. The van der Waals surface area contributed by atoms with Gasteiger partial charge in [0.2, 0.25) is 0 Å². The van der Waals surface area contributed by atoms with E-state index in [1.54, 1.807) is 24.0 Å². The first-order valence-electron chi connectivity index (χ1n) is 7.39. The number of aromatic nitrogens is 2. The molecule has 0 radical (unpaired) electrons. The summed E-state index contributed by atoms with van der Waals surface area (Å²) < 4.78 is 1.63. The smallest absolute Gasteiger partial charge is 0.255 e. The van der Waals surface area contributed by atoms with Crippen molar-refractivity contribution in [3.63, 3.8) is 0 Å². The second-order valence-electron chi connectivity index (χ2n) is 5.70. The number of carbonyl (C=O) groups excluding carboxylic acids is 1. The highest BCUT2D eigenvalue weighted by molar-refractivity contribution is 6.33. The average molecular weight is 355 g/mol. The van der Waals surface area contributed by atoms with Gasteiger partial charge in [0.1, 0.15) is 5.69 Å². The molecule has 3 rings (SSSR count). The summed E-state index contributed by atoms with van der Waals surface area (Å²) in [5.74, 6) is 0.361. The number of hydrogen-bond donors (Lipinski definition) is 2. The fourth-order valence-electron chi connectivity index (χ4n) is 2.62. The maximum absolute atomic E-state index is 12.6. The Morgan fingerprint density at radius 1 is 1.48 bits per heavy atom. The van der Waals surface area contributed by atoms with Gasteiger partial charge in [-0.05, 0) is 24.8 Å². The van der Waals surface area contributed by atoms with E-state index in [1.165, 1.54) is 0 Å². The zero-order valence-electron chi connectivity index (χ0n) is 12.8. The largest absolute Gasteiger partial charge is 0.348 e. The van der Waals surface area contributed by atoms with Crippen LogP contribution in [0.5, 0.6) is 0 Å². The number of benzene rings is 1. The molecule has 1 fully saturated rings. The average Bonchev–Trinajstić information content (AvgIpc) is 3.27. The van der Waals surface area contributed by atoms with Crippen LogP contribution in [-0.4, -0.2) is 28.3 Å².